The molecule has 0 bridgehead atoms. The van der Waals surface area contributed by atoms with Crippen molar-refractivity contribution in [1.82, 2.24) is 4.98 Å². The Morgan fingerprint density at radius 1 is 1.32 bits per heavy atom. The lowest BCUT2D eigenvalue weighted by Gasteiger charge is -2.20. The van der Waals surface area contributed by atoms with Gasteiger partial charge in [-0.15, -0.1) is 0 Å². The van der Waals surface area contributed by atoms with Gasteiger partial charge in [0.05, 0.1) is 35.5 Å². The molecule has 7 nitrogen and oxygen atoms in total. The maximum absolute atomic E-state index is 12.5. The van der Waals surface area contributed by atoms with Crippen molar-refractivity contribution in [2.24, 2.45) is 0 Å². The summed E-state index contributed by atoms with van der Waals surface area (Å²) in [5.41, 5.74) is 2.56. The van der Waals surface area contributed by atoms with E-state index in [9.17, 15) is 18.5 Å². The second kappa shape index (κ2) is 12.4. The summed E-state index contributed by atoms with van der Waals surface area (Å²) >= 11 is 1.15. The lowest BCUT2D eigenvalue weighted by molar-refractivity contribution is -0.148. The molecule has 31 heavy (non-hydrogen) atoms. The summed E-state index contributed by atoms with van der Waals surface area (Å²) in [5.74, 6) is -0.778. The summed E-state index contributed by atoms with van der Waals surface area (Å²) in [5, 5.41) is 9.97. The Morgan fingerprint density at radius 2 is 2.06 bits per heavy atom. The third-order valence-electron chi connectivity index (χ3n) is 4.88. The van der Waals surface area contributed by atoms with Gasteiger partial charge in [0.1, 0.15) is 17.2 Å². The predicted octanol–water partition coefficient (Wildman–Crippen LogP) is 3.48. The molecule has 0 aromatic carbocycles. The Balaban J connectivity index is 2.01. The smallest absolute Gasteiger partial charge is 0.316 e. The van der Waals surface area contributed by atoms with Crippen LogP contribution in [0.3, 0.4) is 0 Å². The summed E-state index contributed by atoms with van der Waals surface area (Å²) in [6.45, 7) is 5.63. The highest BCUT2D eigenvalue weighted by Gasteiger charge is 2.24. The lowest BCUT2D eigenvalue weighted by Crippen LogP contribution is -2.33. The second-order valence-corrected chi connectivity index (χ2v) is 11.2. The number of ether oxygens (including phenoxy) is 2. The van der Waals surface area contributed by atoms with E-state index < -0.39 is 21.9 Å². The first-order valence-electron chi connectivity index (χ1n) is 10.8. The highest BCUT2D eigenvalue weighted by atomic mass is 32.2. The van der Waals surface area contributed by atoms with Crippen molar-refractivity contribution in [2.75, 3.05) is 23.9 Å². The van der Waals surface area contributed by atoms with E-state index in [1.165, 1.54) is 0 Å². The zero-order valence-electron chi connectivity index (χ0n) is 18.6. The molecule has 0 amide bonds. The third-order valence-corrected chi connectivity index (χ3v) is 7.63. The van der Waals surface area contributed by atoms with Gasteiger partial charge in [0, 0.05) is 5.69 Å². The first-order valence-corrected chi connectivity index (χ1v) is 13.6. The Kier molecular flexibility index (Phi) is 10.3. The van der Waals surface area contributed by atoms with Crippen LogP contribution in [-0.4, -0.2) is 55.4 Å². The number of hydrogen-bond donors (Lipinski definition) is 0. The van der Waals surface area contributed by atoms with Crippen molar-refractivity contribution in [3.8, 4) is 6.07 Å². The molecule has 0 saturated heterocycles. The summed E-state index contributed by atoms with van der Waals surface area (Å²) in [6.07, 6.45) is 4.36. The third kappa shape index (κ3) is 8.79. The summed E-state index contributed by atoms with van der Waals surface area (Å²) < 4.78 is 35.6. The molecule has 1 aliphatic rings. The van der Waals surface area contributed by atoms with Crippen LogP contribution in [0.15, 0.2) is 11.1 Å². The maximum atomic E-state index is 12.5. The van der Waals surface area contributed by atoms with Gasteiger partial charge in [-0.1, -0.05) is 25.1 Å². The van der Waals surface area contributed by atoms with E-state index in [0.717, 1.165) is 55.1 Å². The van der Waals surface area contributed by atoms with Gasteiger partial charge in [0.2, 0.25) is 0 Å². The normalized spacial score (nSPS) is 14.7. The van der Waals surface area contributed by atoms with Crippen molar-refractivity contribution in [3.05, 3.63) is 22.9 Å². The van der Waals surface area contributed by atoms with Crippen LogP contribution in [0.1, 0.15) is 63.3 Å². The Hall–Kier alpha value is -1.63. The molecular weight excluding hydrogens is 436 g/mol. The molecule has 0 fully saturated rings. The van der Waals surface area contributed by atoms with Gasteiger partial charge in [-0.2, -0.15) is 5.26 Å². The van der Waals surface area contributed by atoms with Crippen LogP contribution < -0.4 is 0 Å². The number of pyridine rings is 1. The fraction of sp³-hybridized carbons (Fsp3) is 0.682. The number of nitrogens with zero attached hydrogens (tertiary/aromatic N) is 2. The average Bonchev–Trinajstić information content (AvgIpc) is 2.73. The molecule has 2 rings (SSSR count). The van der Waals surface area contributed by atoms with Crippen LogP contribution in [0.2, 0.25) is 0 Å². The van der Waals surface area contributed by atoms with Crippen LogP contribution in [0.25, 0.3) is 0 Å². The van der Waals surface area contributed by atoms with Gasteiger partial charge < -0.3 is 9.47 Å². The maximum Gasteiger partial charge on any atom is 0.316 e. The second-order valence-electron chi connectivity index (χ2n) is 8.02. The highest BCUT2D eigenvalue weighted by Crippen LogP contribution is 2.27. The van der Waals surface area contributed by atoms with Crippen molar-refractivity contribution >= 4 is 27.6 Å². The molecule has 172 valence electrons. The summed E-state index contributed by atoms with van der Waals surface area (Å²) in [7, 11) is -3.34. The van der Waals surface area contributed by atoms with E-state index in [4.69, 9.17) is 9.47 Å². The highest BCUT2D eigenvalue weighted by molar-refractivity contribution is 7.99. The quantitative estimate of drug-likeness (QED) is 0.339. The number of thioether (sulfide) groups is 1. The number of carbonyl (C=O) groups is 1. The van der Waals surface area contributed by atoms with E-state index >= 15 is 0 Å². The standard InChI is InChI=1S/C22H32N2O5S2/c1-4-5-10-31(26,27)15-19(13-28-16(2)3)29-21(25)14-30-22-18(12-23)11-17-8-6-7-9-20(17)24-22/h11,16,19H,4-10,13-15H2,1-3H3. The molecule has 0 radical (unpaired) electrons. The number of fused-ring (bicyclic) bond motifs is 1. The van der Waals surface area contributed by atoms with E-state index in [-0.39, 0.29) is 30.0 Å². The van der Waals surface area contributed by atoms with E-state index in [1.807, 2.05) is 26.8 Å². The summed E-state index contributed by atoms with van der Waals surface area (Å²) in [6, 6.07) is 4.03. The van der Waals surface area contributed by atoms with Crippen molar-refractivity contribution < 1.29 is 22.7 Å². The minimum Gasteiger partial charge on any atom is -0.458 e. The Labute approximate surface area is 189 Å². The van der Waals surface area contributed by atoms with Gasteiger partial charge in [-0.05, 0) is 57.6 Å². The lowest BCUT2D eigenvalue weighted by atomic mass is 9.95. The zero-order valence-corrected chi connectivity index (χ0v) is 20.2. The largest absolute Gasteiger partial charge is 0.458 e. The molecule has 1 aromatic rings. The molecule has 0 N–H and O–H groups in total. The number of esters is 1. The number of hydrogen-bond acceptors (Lipinski definition) is 8. The fourth-order valence-electron chi connectivity index (χ4n) is 3.30. The average molecular weight is 469 g/mol. The van der Waals surface area contributed by atoms with Gasteiger partial charge in [-0.25, -0.2) is 13.4 Å². The van der Waals surface area contributed by atoms with Gasteiger partial charge >= 0.3 is 5.97 Å². The van der Waals surface area contributed by atoms with E-state index in [1.54, 1.807) is 0 Å². The molecule has 1 aromatic heterocycles. The molecule has 9 heteroatoms. The minimum absolute atomic E-state index is 0.0277. The monoisotopic (exact) mass is 468 g/mol. The zero-order chi connectivity index (χ0) is 22.9. The topological polar surface area (TPSA) is 106 Å². The number of carbonyl (C=O) groups excluding carboxylic acids is 1. The van der Waals surface area contributed by atoms with Crippen molar-refractivity contribution in [2.45, 2.75) is 76.5 Å². The number of sulfone groups is 1. The number of unbranched alkanes of at least 4 members (excludes halogenated alkanes) is 1. The van der Waals surface area contributed by atoms with E-state index in [2.05, 4.69) is 11.1 Å². The number of aryl methyl sites for hydroxylation is 2. The molecule has 1 heterocycles. The molecule has 1 atom stereocenters. The molecule has 0 spiro atoms. The first kappa shape index (κ1) is 25.6. The molecule has 1 aliphatic carbocycles. The van der Waals surface area contributed by atoms with Crippen LogP contribution in [-0.2, 0) is 36.9 Å². The predicted molar refractivity (Wildman–Crippen MR) is 121 cm³/mol. The van der Waals surface area contributed by atoms with E-state index in [0.29, 0.717) is 17.0 Å². The van der Waals surface area contributed by atoms with Crippen molar-refractivity contribution in [1.29, 1.82) is 5.26 Å². The summed E-state index contributed by atoms with van der Waals surface area (Å²) in [4.78, 5) is 17.1. The van der Waals surface area contributed by atoms with Crippen molar-refractivity contribution in [3.63, 3.8) is 0 Å². The number of rotatable bonds is 12. The van der Waals surface area contributed by atoms with Crippen LogP contribution >= 0.6 is 11.8 Å². The number of nitriles is 1. The minimum atomic E-state index is -3.34. The Morgan fingerprint density at radius 3 is 2.74 bits per heavy atom. The molecular formula is C22H32N2O5S2. The fourth-order valence-corrected chi connectivity index (χ4v) is 5.68. The van der Waals surface area contributed by atoms with Crippen LogP contribution in [0.5, 0.6) is 0 Å². The van der Waals surface area contributed by atoms with Gasteiger partial charge in [0.25, 0.3) is 0 Å². The van der Waals surface area contributed by atoms with Crippen LogP contribution in [0.4, 0.5) is 0 Å². The molecule has 0 saturated carbocycles. The molecule has 1 unspecified atom stereocenters. The Bertz CT molecular complexity index is 894. The van der Waals surface area contributed by atoms with Gasteiger partial charge in [-0.3, -0.25) is 4.79 Å². The SMILES string of the molecule is CCCCS(=O)(=O)CC(COC(C)C)OC(=O)CSc1nc2c(cc1C#N)CCCC2. The van der Waals surface area contributed by atoms with Crippen LogP contribution in [0, 0.1) is 11.3 Å². The van der Waals surface area contributed by atoms with Gasteiger partial charge in [0.15, 0.2) is 9.84 Å². The molecule has 0 aliphatic heterocycles. The number of aromatic nitrogens is 1. The first-order chi connectivity index (χ1) is 14.7.